The van der Waals surface area contributed by atoms with Crippen molar-refractivity contribution in [2.45, 2.75) is 39.0 Å². The number of benzene rings is 2. The number of carbonyl (C=O) groups is 1. The van der Waals surface area contributed by atoms with E-state index < -0.39 is 0 Å². The molecule has 0 saturated carbocycles. The van der Waals surface area contributed by atoms with Gasteiger partial charge in [-0.2, -0.15) is 5.10 Å². The van der Waals surface area contributed by atoms with Crippen LogP contribution in [0.3, 0.4) is 0 Å². The first kappa shape index (κ1) is 21.8. The molecule has 2 aromatic rings. The van der Waals surface area contributed by atoms with Crippen LogP contribution in [0.4, 0.5) is 0 Å². The number of amides is 1. The van der Waals surface area contributed by atoms with Crippen molar-refractivity contribution < 1.29 is 14.3 Å². The summed E-state index contributed by atoms with van der Waals surface area (Å²) in [6.07, 6.45) is 6.28. The van der Waals surface area contributed by atoms with Gasteiger partial charge in [0, 0.05) is 0 Å². The largest absolute Gasteiger partial charge is 0.493 e. The summed E-state index contributed by atoms with van der Waals surface area (Å²) in [4.78, 5) is 11.9. The molecular weight excluding hydrogens is 376 g/mol. The van der Waals surface area contributed by atoms with Crippen molar-refractivity contribution >= 4 is 23.7 Å². The molecule has 28 heavy (non-hydrogen) atoms. The first-order valence-corrected chi connectivity index (χ1v) is 9.88. The molecule has 0 unspecified atom stereocenters. The summed E-state index contributed by atoms with van der Waals surface area (Å²) in [5.74, 6) is 0.888. The number of unbranched alkanes of at least 4 members (excludes halogenated alkanes) is 3. The molecule has 0 heterocycles. The van der Waals surface area contributed by atoms with Crippen LogP contribution >= 0.6 is 11.6 Å². The molecule has 1 N–H and O–H groups in total. The minimum atomic E-state index is -0.187. The van der Waals surface area contributed by atoms with Crippen LogP contribution in [0.1, 0.15) is 43.7 Å². The summed E-state index contributed by atoms with van der Waals surface area (Å²) in [5.41, 5.74) is 4.16. The number of nitrogens with one attached hydrogen (secondary N) is 1. The SMILES string of the molecule is CCCCCCOc1c(Cl)cc(/C=N/NC(=O)Cc2ccccc2)cc1OC. The van der Waals surface area contributed by atoms with Crippen molar-refractivity contribution in [3.05, 3.63) is 58.6 Å². The Bertz CT molecular complexity index is 779. The number of methoxy groups -OCH3 is 1. The fourth-order valence-electron chi connectivity index (χ4n) is 2.66. The maximum Gasteiger partial charge on any atom is 0.244 e. The molecule has 0 radical (unpaired) electrons. The molecule has 6 heteroatoms. The lowest BCUT2D eigenvalue weighted by Crippen LogP contribution is -2.19. The van der Waals surface area contributed by atoms with Gasteiger partial charge in [-0.3, -0.25) is 4.79 Å². The summed E-state index contributed by atoms with van der Waals surface area (Å²) in [5, 5.41) is 4.45. The Labute approximate surface area is 171 Å². The molecule has 0 aliphatic rings. The predicted molar refractivity (Wildman–Crippen MR) is 114 cm³/mol. The minimum Gasteiger partial charge on any atom is -0.493 e. The van der Waals surface area contributed by atoms with Gasteiger partial charge in [-0.25, -0.2) is 5.43 Å². The van der Waals surface area contributed by atoms with E-state index >= 15 is 0 Å². The van der Waals surface area contributed by atoms with Gasteiger partial charge in [-0.1, -0.05) is 68.1 Å². The molecule has 0 saturated heterocycles. The molecule has 0 aliphatic carbocycles. The van der Waals surface area contributed by atoms with Crippen molar-refractivity contribution in [2.24, 2.45) is 5.10 Å². The normalized spacial score (nSPS) is 10.8. The fourth-order valence-corrected chi connectivity index (χ4v) is 2.93. The number of hydrogen-bond acceptors (Lipinski definition) is 4. The van der Waals surface area contributed by atoms with Crippen molar-refractivity contribution in [3.8, 4) is 11.5 Å². The number of hydrazone groups is 1. The topological polar surface area (TPSA) is 59.9 Å². The van der Waals surface area contributed by atoms with Crippen LogP contribution in [0.2, 0.25) is 5.02 Å². The van der Waals surface area contributed by atoms with E-state index in [1.807, 2.05) is 30.3 Å². The Morgan fingerprint density at radius 3 is 2.68 bits per heavy atom. The van der Waals surface area contributed by atoms with E-state index in [1.54, 1.807) is 19.2 Å². The van der Waals surface area contributed by atoms with Gasteiger partial charge in [0.15, 0.2) is 11.5 Å². The van der Waals surface area contributed by atoms with E-state index in [2.05, 4.69) is 17.5 Å². The van der Waals surface area contributed by atoms with Crippen LogP contribution in [0, 0.1) is 0 Å². The summed E-state index contributed by atoms with van der Waals surface area (Å²) >= 11 is 6.35. The second kappa shape index (κ2) is 12.0. The summed E-state index contributed by atoms with van der Waals surface area (Å²) < 4.78 is 11.2. The Kier molecular flexibility index (Phi) is 9.35. The molecule has 150 valence electrons. The first-order valence-electron chi connectivity index (χ1n) is 9.50. The maximum absolute atomic E-state index is 11.9. The molecule has 0 aromatic heterocycles. The van der Waals surface area contributed by atoms with Gasteiger partial charge in [0.2, 0.25) is 5.91 Å². The Morgan fingerprint density at radius 1 is 1.18 bits per heavy atom. The van der Waals surface area contributed by atoms with E-state index in [-0.39, 0.29) is 12.3 Å². The number of hydrogen-bond donors (Lipinski definition) is 1. The zero-order chi connectivity index (χ0) is 20.2. The van der Waals surface area contributed by atoms with Crippen molar-refractivity contribution in [1.29, 1.82) is 0 Å². The van der Waals surface area contributed by atoms with Gasteiger partial charge in [0.1, 0.15) is 0 Å². The van der Waals surface area contributed by atoms with Gasteiger partial charge < -0.3 is 9.47 Å². The third-order valence-corrected chi connectivity index (χ3v) is 4.39. The molecule has 0 aliphatic heterocycles. The summed E-state index contributed by atoms with van der Waals surface area (Å²) in [6, 6.07) is 13.0. The smallest absolute Gasteiger partial charge is 0.244 e. The monoisotopic (exact) mass is 402 g/mol. The van der Waals surface area contributed by atoms with Crippen LogP contribution in [0.25, 0.3) is 0 Å². The van der Waals surface area contributed by atoms with Crippen molar-refractivity contribution in [1.82, 2.24) is 5.43 Å². The van der Waals surface area contributed by atoms with Gasteiger partial charge >= 0.3 is 0 Å². The molecule has 2 aromatic carbocycles. The van der Waals surface area contributed by atoms with E-state index in [9.17, 15) is 4.79 Å². The zero-order valence-electron chi connectivity index (χ0n) is 16.4. The van der Waals surface area contributed by atoms with Crippen LogP contribution in [-0.4, -0.2) is 25.8 Å². The molecule has 1 amide bonds. The van der Waals surface area contributed by atoms with Crippen LogP contribution in [-0.2, 0) is 11.2 Å². The zero-order valence-corrected chi connectivity index (χ0v) is 17.2. The lowest BCUT2D eigenvalue weighted by Gasteiger charge is -2.13. The predicted octanol–water partition coefficient (Wildman–Crippen LogP) is 5.00. The second-order valence-electron chi connectivity index (χ2n) is 6.40. The number of nitrogens with zero attached hydrogens (tertiary/aromatic N) is 1. The number of carbonyl (C=O) groups excluding carboxylic acids is 1. The Balaban J connectivity index is 1.93. The Morgan fingerprint density at radius 2 is 1.96 bits per heavy atom. The first-order chi connectivity index (χ1) is 13.6. The van der Waals surface area contributed by atoms with E-state index in [0.717, 1.165) is 18.4 Å². The molecular formula is C22H27ClN2O3. The highest BCUT2D eigenvalue weighted by molar-refractivity contribution is 6.32. The van der Waals surface area contributed by atoms with Gasteiger partial charge in [-0.05, 0) is 29.7 Å². The lowest BCUT2D eigenvalue weighted by molar-refractivity contribution is -0.120. The molecule has 0 atom stereocenters. The van der Waals surface area contributed by atoms with Crippen LogP contribution in [0.15, 0.2) is 47.6 Å². The maximum atomic E-state index is 11.9. The molecule has 5 nitrogen and oxygen atoms in total. The molecule has 0 spiro atoms. The lowest BCUT2D eigenvalue weighted by atomic mass is 10.1. The molecule has 0 bridgehead atoms. The number of halogens is 1. The van der Waals surface area contributed by atoms with Gasteiger partial charge in [0.05, 0.1) is 31.4 Å². The van der Waals surface area contributed by atoms with Crippen molar-refractivity contribution in [2.75, 3.05) is 13.7 Å². The third kappa shape index (κ3) is 7.24. The average molecular weight is 403 g/mol. The standard InChI is InChI=1S/C22H27ClN2O3/c1-3-4-5-9-12-28-22-19(23)13-18(14-20(22)27-2)16-24-25-21(26)15-17-10-7-6-8-11-17/h6-8,10-11,13-14,16H,3-5,9,12,15H2,1-2H3,(H,25,26)/b24-16+. The average Bonchev–Trinajstić information content (AvgIpc) is 2.69. The van der Waals surface area contributed by atoms with Gasteiger partial charge in [-0.15, -0.1) is 0 Å². The Hall–Kier alpha value is -2.53. The highest BCUT2D eigenvalue weighted by Gasteiger charge is 2.11. The third-order valence-electron chi connectivity index (χ3n) is 4.11. The van der Waals surface area contributed by atoms with Crippen molar-refractivity contribution in [3.63, 3.8) is 0 Å². The number of rotatable bonds is 11. The van der Waals surface area contributed by atoms with Crippen LogP contribution < -0.4 is 14.9 Å². The molecule has 0 fully saturated rings. The minimum absolute atomic E-state index is 0.187. The van der Waals surface area contributed by atoms with E-state index in [0.29, 0.717) is 28.7 Å². The van der Waals surface area contributed by atoms with Crippen LogP contribution in [0.5, 0.6) is 11.5 Å². The quantitative estimate of drug-likeness (QED) is 0.327. The highest BCUT2D eigenvalue weighted by Crippen LogP contribution is 2.36. The fraction of sp³-hybridized carbons (Fsp3) is 0.364. The number of ether oxygens (including phenoxy) is 2. The highest BCUT2D eigenvalue weighted by atomic mass is 35.5. The summed E-state index contributed by atoms with van der Waals surface area (Å²) in [6.45, 7) is 2.77. The van der Waals surface area contributed by atoms with E-state index in [1.165, 1.54) is 19.1 Å². The van der Waals surface area contributed by atoms with Gasteiger partial charge in [0.25, 0.3) is 0 Å². The molecule has 2 rings (SSSR count). The second-order valence-corrected chi connectivity index (χ2v) is 6.81. The summed E-state index contributed by atoms with van der Waals surface area (Å²) in [7, 11) is 1.57. The van der Waals surface area contributed by atoms with E-state index in [4.69, 9.17) is 21.1 Å².